The molecule has 0 bridgehead atoms. The van der Waals surface area contributed by atoms with Crippen molar-refractivity contribution in [1.82, 2.24) is 9.80 Å². The summed E-state index contributed by atoms with van der Waals surface area (Å²) in [4.78, 5) is 43.1. The van der Waals surface area contributed by atoms with E-state index in [1.165, 1.54) is 26.7 Å². The van der Waals surface area contributed by atoms with Crippen LogP contribution in [-0.2, 0) is 19.7 Å². The summed E-state index contributed by atoms with van der Waals surface area (Å²) < 4.78 is 12.0. The zero-order valence-electron chi connectivity index (χ0n) is 24.9. The van der Waals surface area contributed by atoms with Crippen molar-refractivity contribution in [3.63, 3.8) is 0 Å². The molecule has 0 unspecified atom stereocenters. The molecule has 3 atom stereocenters. The second kappa shape index (κ2) is 12.0. The summed E-state index contributed by atoms with van der Waals surface area (Å²) in [5.74, 6) is 0.902. The van der Waals surface area contributed by atoms with E-state index in [1.807, 2.05) is 42.5 Å². The number of ether oxygens (including phenoxy) is 2. The minimum atomic E-state index is -0.739. The van der Waals surface area contributed by atoms with Gasteiger partial charge in [-0.15, -0.1) is 0 Å². The summed E-state index contributed by atoms with van der Waals surface area (Å²) in [6.45, 7) is 10.4. The van der Waals surface area contributed by atoms with Gasteiger partial charge in [0.2, 0.25) is 0 Å². The van der Waals surface area contributed by atoms with Crippen LogP contribution in [0.3, 0.4) is 0 Å². The van der Waals surface area contributed by atoms with E-state index in [1.54, 1.807) is 6.07 Å². The number of benzene rings is 2. The van der Waals surface area contributed by atoms with Gasteiger partial charge in [-0.3, -0.25) is 19.3 Å². The average molecular weight is 561 g/mol. The lowest BCUT2D eigenvalue weighted by atomic mass is 9.54. The first-order valence-electron chi connectivity index (χ1n) is 15.2. The van der Waals surface area contributed by atoms with Gasteiger partial charge in [-0.1, -0.05) is 44.2 Å². The molecule has 1 heterocycles. The van der Waals surface area contributed by atoms with Gasteiger partial charge in [-0.2, -0.15) is 0 Å². The normalized spacial score (nSPS) is 26.2. The van der Waals surface area contributed by atoms with Crippen molar-refractivity contribution in [2.24, 2.45) is 11.8 Å². The number of likely N-dealkylation sites (tertiary alicyclic amines) is 1. The molecule has 3 fully saturated rings. The highest BCUT2D eigenvalue weighted by Gasteiger charge is 2.61. The van der Waals surface area contributed by atoms with E-state index < -0.39 is 11.0 Å². The molecule has 7 nitrogen and oxygen atoms in total. The number of fused-ring (bicyclic) bond motifs is 1. The van der Waals surface area contributed by atoms with Gasteiger partial charge in [0.25, 0.3) is 5.91 Å². The molecule has 2 aromatic carbocycles. The van der Waals surface area contributed by atoms with Gasteiger partial charge in [0.05, 0.1) is 0 Å². The van der Waals surface area contributed by atoms with Crippen LogP contribution < -0.4 is 4.74 Å². The third-order valence-electron chi connectivity index (χ3n) is 9.16. The highest BCUT2D eigenvalue weighted by atomic mass is 16.6. The molecule has 5 rings (SSSR count). The smallest absolute Gasteiger partial charge is 0.308 e. The van der Waals surface area contributed by atoms with Crippen LogP contribution in [0, 0.1) is 11.8 Å². The maximum atomic E-state index is 14.0. The molecule has 41 heavy (non-hydrogen) atoms. The summed E-state index contributed by atoms with van der Waals surface area (Å²) in [6, 6.07) is 17.2. The number of piperidine rings is 1. The second-order valence-electron chi connectivity index (χ2n) is 12.8. The van der Waals surface area contributed by atoms with Crippen LogP contribution in [0.2, 0.25) is 0 Å². The SMILES string of the molecule is CC(=O)Oc1cccc([C@@]23CCN(CC4CC4)C[C@@]2(OC(C)=O)CC[C@@H](N(CC(C)C)C(=O)c2ccccc2)C3)c1. The van der Waals surface area contributed by atoms with Crippen LogP contribution in [0.1, 0.15) is 82.1 Å². The largest absolute Gasteiger partial charge is 0.457 e. The van der Waals surface area contributed by atoms with Gasteiger partial charge in [0.15, 0.2) is 0 Å². The van der Waals surface area contributed by atoms with Crippen molar-refractivity contribution in [2.45, 2.75) is 83.3 Å². The Bertz CT molecular complexity index is 1260. The number of nitrogens with zero attached hydrogens (tertiary/aromatic N) is 2. The molecule has 0 radical (unpaired) electrons. The van der Waals surface area contributed by atoms with Crippen LogP contribution in [0.5, 0.6) is 5.75 Å². The first-order chi connectivity index (χ1) is 19.6. The number of carbonyl (C=O) groups is 3. The van der Waals surface area contributed by atoms with Crippen LogP contribution >= 0.6 is 0 Å². The molecule has 2 saturated carbocycles. The zero-order chi connectivity index (χ0) is 29.2. The third-order valence-corrected chi connectivity index (χ3v) is 9.16. The van der Waals surface area contributed by atoms with Crippen molar-refractivity contribution in [1.29, 1.82) is 0 Å². The van der Waals surface area contributed by atoms with Gasteiger partial charge in [0, 0.05) is 50.5 Å². The molecule has 1 amide bonds. The Kier molecular flexibility index (Phi) is 8.55. The lowest BCUT2D eigenvalue weighted by molar-refractivity contribution is -0.189. The number of amides is 1. The fourth-order valence-electron chi connectivity index (χ4n) is 7.31. The van der Waals surface area contributed by atoms with E-state index in [9.17, 15) is 14.4 Å². The average Bonchev–Trinajstić information content (AvgIpc) is 3.75. The summed E-state index contributed by atoms with van der Waals surface area (Å²) >= 11 is 0. The molecule has 2 aliphatic carbocycles. The highest BCUT2D eigenvalue weighted by molar-refractivity contribution is 5.94. The molecule has 220 valence electrons. The lowest BCUT2D eigenvalue weighted by Gasteiger charge is -2.60. The Hall–Kier alpha value is -3.19. The van der Waals surface area contributed by atoms with Crippen LogP contribution in [-0.4, -0.2) is 65.5 Å². The molecule has 1 saturated heterocycles. The van der Waals surface area contributed by atoms with Crippen LogP contribution in [0.15, 0.2) is 54.6 Å². The third kappa shape index (κ3) is 6.35. The van der Waals surface area contributed by atoms with E-state index in [0.29, 0.717) is 43.2 Å². The Balaban J connectivity index is 1.58. The van der Waals surface area contributed by atoms with Crippen molar-refractivity contribution < 1.29 is 23.9 Å². The Morgan fingerprint density at radius 3 is 2.39 bits per heavy atom. The first kappa shape index (κ1) is 29.3. The van der Waals surface area contributed by atoms with E-state index in [-0.39, 0.29) is 23.9 Å². The predicted octanol–water partition coefficient (Wildman–Crippen LogP) is 5.62. The predicted molar refractivity (Wildman–Crippen MR) is 158 cm³/mol. The monoisotopic (exact) mass is 560 g/mol. The fourth-order valence-corrected chi connectivity index (χ4v) is 7.31. The number of hydrogen-bond acceptors (Lipinski definition) is 6. The topological polar surface area (TPSA) is 76.2 Å². The molecular weight excluding hydrogens is 516 g/mol. The molecule has 0 spiro atoms. The Morgan fingerprint density at radius 2 is 1.73 bits per heavy atom. The first-order valence-corrected chi connectivity index (χ1v) is 15.2. The summed E-state index contributed by atoms with van der Waals surface area (Å²) in [7, 11) is 0. The van der Waals surface area contributed by atoms with Gasteiger partial charge >= 0.3 is 11.9 Å². The molecule has 0 aromatic heterocycles. The number of carbonyl (C=O) groups excluding carboxylic acids is 3. The van der Waals surface area contributed by atoms with Crippen LogP contribution in [0.25, 0.3) is 0 Å². The standard InChI is InChI=1S/C34H44N2O5/c1-24(2)21-36(32(39)28-9-6-5-7-10-28)30-15-16-34(41-26(4)38)23-35(22-27-13-14-27)18-17-33(34,20-30)29-11-8-12-31(19-29)40-25(3)37/h5-12,19,24,27,30H,13-18,20-23H2,1-4H3/t30-,33+,34+/m1/s1. The number of hydrogen-bond donors (Lipinski definition) is 0. The zero-order valence-corrected chi connectivity index (χ0v) is 24.9. The Morgan fingerprint density at radius 1 is 0.976 bits per heavy atom. The molecule has 3 aliphatic rings. The van der Waals surface area contributed by atoms with Gasteiger partial charge in [-0.05, 0) is 86.7 Å². The van der Waals surface area contributed by atoms with Gasteiger partial charge in [0.1, 0.15) is 11.4 Å². The van der Waals surface area contributed by atoms with E-state index in [2.05, 4.69) is 29.7 Å². The summed E-state index contributed by atoms with van der Waals surface area (Å²) in [6.07, 6.45) is 5.41. The van der Waals surface area contributed by atoms with E-state index in [0.717, 1.165) is 37.4 Å². The summed E-state index contributed by atoms with van der Waals surface area (Å²) in [5, 5.41) is 0. The van der Waals surface area contributed by atoms with Crippen molar-refractivity contribution in [3.05, 3.63) is 65.7 Å². The highest BCUT2D eigenvalue weighted by Crippen LogP contribution is 2.55. The van der Waals surface area contributed by atoms with Crippen molar-refractivity contribution in [3.8, 4) is 5.75 Å². The van der Waals surface area contributed by atoms with Crippen molar-refractivity contribution in [2.75, 3.05) is 26.2 Å². The quantitative estimate of drug-likeness (QED) is 0.293. The Labute approximate surface area is 244 Å². The molecular formula is C34H44N2O5. The minimum Gasteiger partial charge on any atom is -0.457 e. The molecule has 2 aromatic rings. The number of esters is 2. The van der Waals surface area contributed by atoms with Gasteiger partial charge < -0.3 is 14.4 Å². The van der Waals surface area contributed by atoms with Crippen molar-refractivity contribution >= 4 is 17.8 Å². The number of rotatable bonds is 9. The molecule has 7 heteroatoms. The summed E-state index contributed by atoms with van der Waals surface area (Å²) in [5.41, 5.74) is 0.417. The van der Waals surface area contributed by atoms with E-state index in [4.69, 9.17) is 9.47 Å². The van der Waals surface area contributed by atoms with E-state index >= 15 is 0 Å². The lowest BCUT2D eigenvalue weighted by Crippen LogP contribution is -2.69. The van der Waals surface area contributed by atoms with Crippen LogP contribution in [0.4, 0.5) is 0 Å². The molecule has 0 N–H and O–H groups in total. The van der Waals surface area contributed by atoms with Gasteiger partial charge in [-0.25, -0.2) is 0 Å². The maximum absolute atomic E-state index is 14.0. The minimum absolute atomic E-state index is 0.0267. The second-order valence-corrected chi connectivity index (χ2v) is 12.8. The maximum Gasteiger partial charge on any atom is 0.308 e. The molecule has 1 aliphatic heterocycles. The fraction of sp³-hybridized carbons (Fsp3) is 0.559.